The van der Waals surface area contributed by atoms with E-state index in [4.69, 9.17) is 10.5 Å². The number of hydrogen-bond acceptors (Lipinski definition) is 3. The summed E-state index contributed by atoms with van der Waals surface area (Å²) in [6.07, 6.45) is -1.50. The highest BCUT2D eigenvalue weighted by molar-refractivity contribution is 5.90. The van der Waals surface area contributed by atoms with Crippen molar-refractivity contribution in [1.29, 1.82) is 0 Å². The Balaban J connectivity index is 2.05. The van der Waals surface area contributed by atoms with Crippen LogP contribution < -0.4 is 5.73 Å². The van der Waals surface area contributed by atoms with Gasteiger partial charge >= 0.3 is 12.1 Å². The van der Waals surface area contributed by atoms with Crippen LogP contribution in [0, 0.1) is 5.92 Å². The second-order valence-corrected chi connectivity index (χ2v) is 4.71. The van der Waals surface area contributed by atoms with Crippen LogP contribution in [0.25, 0.3) is 0 Å². The van der Waals surface area contributed by atoms with Crippen molar-refractivity contribution >= 4 is 11.7 Å². The second kappa shape index (κ2) is 5.11. The van der Waals surface area contributed by atoms with Gasteiger partial charge in [-0.3, -0.25) is 0 Å². The van der Waals surface area contributed by atoms with Crippen LogP contribution in [-0.2, 0) is 10.9 Å². The predicted octanol–water partition coefficient (Wildman–Crippen LogP) is 3.24. The number of rotatable bonds is 4. The van der Waals surface area contributed by atoms with Gasteiger partial charge in [-0.25, -0.2) is 4.79 Å². The molecule has 0 radical (unpaired) electrons. The summed E-state index contributed by atoms with van der Waals surface area (Å²) in [5.74, 6) is -0.169. The van der Waals surface area contributed by atoms with Gasteiger partial charge in [0.1, 0.15) is 0 Å². The number of benzene rings is 1. The number of esters is 1. The van der Waals surface area contributed by atoms with Crippen molar-refractivity contribution in [2.75, 3.05) is 12.3 Å². The van der Waals surface area contributed by atoms with E-state index < -0.39 is 17.7 Å². The highest BCUT2D eigenvalue weighted by atomic mass is 19.4. The Morgan fingerprint density at radius 1 is 1.32 bits per heavy atom. The van der Waals surface area contributed by atoms with Gasteiger partial charge in [-0.2, -0.15) is 13.2 Å². The number of carbonyl (C=O) groups excluding carboxylic acids is 1. The molecule has 0 aromatic heterocycles. The molecule has 6 heteroatoms. The maximum Gasteiger partial charge on any atom is 0.416 e. The highest BCUT2D eigenvalue weighted by Gasteiger charge is 2.31. The molecule has 2 rings (SSSR count). The summed E-state index contributed by atoms with van der Waals surface area (Å²) in [6.45, 7) is 0.236. The molecule has 0 heterocycles. The predicted molar refractivity (Wildman–Crippen MR) is 63.5 cm³/mol. The molecule has 1 aliphatic carbocycles. The molecule has 1 aromatic rings. The Morgan fingerprint density at radius 2 is 2.00 bits per heavy atom. The lowest BCUT2D eigenvalue weighted by atomic mass is 10.1. The van der Waals surface area contributed by atoms with Crippen molar-refractivity contribution in [1.82, 2.24) is 0 Å². The molecule has 3 nitrogen and oxygen atoms in total. The van der Waals surface area contributed by atoms with E-state index in [0.29, 0.717) is 5.92 Å². The summed E-state index contributed by atoms with van der Waals surface area (Å²) >= 11 is 0. The fourth-order valence-electron chi connectivity index (χ4n) is 1.74. The van der Waals surface area contributed by atoms with Crippen molar-refractivity contribution in [3.63, 3.8) is 0 Å². The van der Waals surface area contributed by atoms with Crippen LogP contribution in [0.2, 0.25) is 0 Å². The first-order valence-corrected chi connectivity index (χ1v) is 6.01. The van der Waals surface area contributed by atoms with Gasteiger partial charge in [0.25, 0.3) is 0 Å². The summed E-state index contributed by atoms with van der Waals surface area (Å²) in [5, 5.41) is 0. The fraction of sp³-hybridized carbons (Fsp3) is 0.462. The Hall–Kier alpha value is -1.72. The van der Waals surface area contributed by atoms with Gasteiger partial charge in [-0.15, -0.1) is 0 Å². The van der Waals surface area contributed by atoms with E-state index in [1.807, 2.05) is 0 Å². The third kappa shape index (κ3) is 3.87. The van der Waals surface area contributed by atoms with Gasteiger partial charge in [0.2, 0.25) is 0 Å². The molecule has 2 N–H and O–H groups in total. The minimum absolute atomic E-state index is 0.107. The van der Waals surface area contributed by atoms with Crippen molar-refractivity contribution < 1.29 is 22.7 Å². The van der Waals surface area contributed by atoms with E-state index >= 15 is 0 Å². The molecule has 1 aromatic carbocycles. The smallest absolute Gasteiger partial charge is 0.416 e. The number of alkyl halides is 3. The SMILES string of the molecule is Nc1cc(C(=O)OCCC2CC2)cc(C(F)(F)F)c1. The van der Waals surface area contributed by atoms with E-state index in [0.717, 1.165) is 31.4 Å². The molecular weight excluding hydrogens is 259 g/mol. The average molecular weight is 273 g/mol. The number of halogens is 3. The van der Waals surface area contributed by atoms with Gasteiger partial charge in [0.15, 0.2) is 0 Å². The van der Waals surface area contributed by atoms with E-state index in [2.05, 4.69) is 0 Å². The Kier molecular flexibility index (Phi) is 3.68. The lowest BCUT2D eigenvalue weighted by Gasteiger charge is -2.10. The molecule has 0 atom stereocenters. The summed E-state index contributed by atoms with van der Waals surface area (Å²) < 4.78 is 42.6. The van der Waals surface area contributed by atoms with Gasteiger partial charge in [-0.05, 0) is 30.5 Å². The number of hydrogen-bond donors (Lipinski definition) is 1. The quantitative estimate of drug-likeness (QED) is 0.676. The first kappa shape index (κ1) is 13.7. The first-order valence-electron chi connectivity index (χ1n) is 6.01. The monoisotopic (exact) mass is 273 g/mol. The topological polar surface area (TPSA) is 52.3 Å². The zero-order valence-electron chi connectivity index (χ0n) is 10.2. The summed E-state index contributed by atoms with van der Waals surface area (Å²) in [7, 11) is 0. The lowest BCUT2D eigenvalue weighted by molar-refractivity contribution is -0.137. The third-order valence-electron chi connectivity index (χ3n) is 2.97. The van der Waals surface area contributed by atoms with Gasteiger partial charge in [-0.1, -0.05) is 12.8 Å². The van der Waals surface area contributed by atoms with Crippen LogP contribution in [0.3, 0.4) is 0 Å². The van der Waals surface area contributed by atoms with Crippen molar-refractivity contribution in [2.24, 2.45) is 5.92 Å². The molecule has 104 valence electrons. The Bertz CT molecular complexity index is 481. The molecule has 19 heavy (non-hydrogen) atoms. The lowest BCUT2D eigenvalue weighted by Crippen LogP contribution is -2.11. The maximum atomic E-state index is 12.6. The molecule has 0 unspecified atom stereocenters. The van der Waals surface area contributed by atoms with Crippen LogP contribution in [0.5, 0.6) is 0 Å². The van der Waals surface area contributed by atoms with Gasteiger partial charge < -0.3 is 10.5 Å². The molecule has 0 saturated heterocycles. The Morgan fingerprint density at radius 3 is 2.58 bits per heavy atom. The molecule has 1 aliphatic rings. The van der Waals surface area contributed by atoms with Crippen LogP contribution in [-0.4, -0.2) is 12.6 Å². The first-order chi connectivity index (χ1) is 8.86. The minimum atomic E-state index is -4.53. The summed E-state index contributed by atoms with van der Waals surface area (Å²) in [5.41, 5.74) is 4.16. The molecule has 0 spiro atoms. The van der Waals surface area contributed by atoms with Crippen molar-refractivity contribution in [3.8, 4) is 0 Å². The third-order valence-corrected chi connectivity index (χ3v) is 2.97. The number of anilines is 1. The molecule has 0 amide bonds. The van der Waals surface area contributed by atoms with Crippen molar-refractivity contribution in [2.45, 2.75) is 25.4 Å². The number of carbonyl (C=O) groups is 1. The van der Waals surface area contributed by atoms with Crippen LogP contribution in [0.1, 0.15) is 35.2 Å². The van der Waals surface area contributed by atoms with Gasteiger partial charge in [0.05, 0.1) is 17.7 Å². The number of nitrogens with two attached hydrogens (primary N) is 1. The molecule has 1 fully saturated rings. The van der Waals surface area contributed by atoms with E-state index in [1.54, 1.807) is 0 Å². The largest absolute Gasteiger partial charge is 0.462 e. The minimum Gasteiger partial charge on any atom is -0.462 e. The molecule has 0 aliphatic heterocycles. The normalized spacial score (nSPS) is 15.3. The van der Waals surface area contributed by atoms with Crippen LogP contribution in [0.15, 0.2) is 18.2 Å². The zero-order valence-corrected chi connectivity index (χ0v) is 10.2. The summed E-state index contributed by atoms with van der Waals surface area (Å²) in [6, 6.07) is 2.74. The standard InChI is InChI=1S/C13H14F3NO2/c14-13(15,16)10-5-9(6-11(17)7-10)12(18)19-4-3-8-1-2-8/h5-8H,1-4,17H2. The molecule has 0 bridgehead atoms. The summed E-state index contributed by atoms with van der Waals surface area (Å²) in [4.78, 5) is 11.6. The highest BCUT2D eigenvalue weighted by Crippen LogP contribution is 2.33. The number of ether oxygens (including phenoxy) is 1. The van der Waals surface area contributed by atoms with Gasteiger partial charge in [0, 0.05) is 5.69 Å². The zero-order chi connectivity index (χ0) is 14.0. The fourth-order valence-corrected chi connectivity index (χ4v) is 1.74. The molecule has 1 saturated carbocycles. The van der Waals surface area contributed by atoms with E-state index in [1.165, 1.54) is 6.07 Å². The average Bonchev–Trinajstić information content (AvgIpc) is 3.11. The Labute approximate surface area is 108 Å². The van der Waals surface area contributed by atoms with Crippen LogP contribution >= 0.6 is 0 Å². The molecular formula is C13H14F3NO2. The second-order valence-electron chi connectivity index (χ2n) is 4.71. The van der Waals surface area contributed by atoms with E-state index in [9.17, 15) is 18.0 Å². The maximum absolute atomic E-state index is 12.6. The van der Waals surface area contributed by atoms with E-state index in [-0.39, 0.29) is 17.9 Å². The number of nitrogen functional groups attached to an aromatic ring is 1. The van der Waals surface area contributed by atoms with Crippen LogP contribution in [0.4, 0.5) is 18.9 Å². The van der Waals surface area contributed by atoms with Crippen molar-refractivity contribution in [3.05, 3.63) is 29.3 Å².